The summed E-state index contributed by atoms with van der Waals surface area (Å²) in [6, 6.07) is 20.4. The van der Waals surface area contributed by atoms with Crippen LogP contribution in [0.4, 0.5) is 0 Å². The van der Waals surface area contributed by atoms with E-state index in [9.17, 15) is 9.59 Å². The van der Waals surface area contributed by atoms with Crippen molar-refractivity contribution in [2.75, 3.05) is 0 Å². The first-order valence-corrected chi connectivity index (χ1v) is 8.03. The van der Waals surface area contributed by atoms with E-state index in [2.05, 4.69) is 15.9 Å². The van der Waals surface area contributed by atoms with Crippen molar-refractivity contribution in [2.45, 2.75) is 0 Å². The normalized spacial score (nSPS) is 12.7. The molecule has 0 saturated carbocycles. The van der Waals surface area contributed by atoms with Gasteiger partial charge in [-0.1, -0.05) is 70.5 Å². The molecule has 3 heteroatoms. The average molecular weight is 363 g/mol. The Kier molecular flexibility index (Phi) is 3.24. The molecule has 0 heterocycles. The standard InChI is InChI=1S/C20H11BrO2/c21-18-11-17-16(10-15(18)12-6-2-1-3-7-12)19(22)13-8-4-5-9-14(13)20(17)23/h1-11H. The van der Waals surface area contributed by atoms with Gasteiger partial charge in [0.2, 0.25) is 0 Å². The third kappa shape index (κ3) is 2.16. The van der Waals surface area contributed by atoms with Crippen LogP contribution in [-0.2, 0) is 0 Å². The topological polar surface area (TPSA) is 34.1 Å². The lowest BCUT2D eigenvalue weighted by atomic mass is 9.83. The van der Waals surface area contributed by atoms with Crippen LogP contribution in [0, 0.1) is 0 Å². The molecule has 0 aliphatic heterocycles. The van der Waals surface area contributed by atoms with Gasteiger partial charge in [0.05, 0.1) is 0 Å². The molecule has 0 bridgehead atoms. The number of carbonyl (C=O) groups is 2. The molecule has 4 rings (SSSR count). The van der Waals surface area contributed by atoms with Crippen LogP contribution in [0.1, 0.15) is 31.8 Å². The first-order chi connectivity index (χ1) is 11.2. The van der Waals surface area contributed by atoms with Gasteiger partial charge < -0.3 is 0 Å². The minimum absolute atomic E-state index is 0.0973. The maximum atomic E-state index is 12.8. The minimum Gasteiger partial charge on any atom is -0.289 e. The van der Waals surface area contributed by atoms with E-state index in [0.717, 1.165) is 15.6 Å². The van der Waals surface area contributed by atoms with Crippen molar-refractivity contribution in [2.24, 2.45) is 0 Å². The zero-order valence-electron chi connectivity index (χ0n) is 12.0. The summed E-state index contributed by atoms with van der Waals surface area (Å²) in [6.07, 6.45) is 0. The average Bonchev–Trinajstić information content (AvgIpc) is 2.60. The van der Waals surface area contributed by atoms with Crippen LogP contribution in [0.25, 0.3) is 11.1 Å². The first-order valence-electron chi connectivity index (χ1n) is 7.24. The number of carbonyl (C=O) groups excluding carboxylic acids is 2. The molecule has 110 valence electrons. The predicted octanol–water partition coefficient (Wildman–Crippen LogP) is 4.89. The number of ketones is 2. The van der Waals surface area contributed by atoms with Gasteiger partial charge in [-0.05, 0) is 23.3 Å². The predicted molar refractivity (Wildman–Crippen MR) is 92.9 cm³/mol. The summed E-state index contributed by atoms with van der Waals surface area (Å²) in [6.45, 7) is 0. The van der Waals surface area contributed by atoms with E-state index in [1.54, 1.807) is 30.3 Å². The molecule has 0 unspecified atom stereocenters. The molecule has 0 aromatic heterocycles. The van der Waals surface area contributed by atoms with Crippen LogP contribution in [0.2, 0.25) is 0 Å². The molecule has 1 aliphatic carbocycles. The number of hydrogen-bond acceptors (Lipinski definition) is 2. The van der Waals surface area contributed by atoms with E-state index in [1.807, 2.05) is 36.4 Å². The largest absolute Gasteiger partial charge is 0.289 e. The summed E-state index contributed by atoms with van der Waals surface area (Å²) < 4.78 is 0.808. The summed E-state index contributed by atoms with van der Waals surface area (Å²) in [5.41, 5.74) is 3.79. The van der Waals surface area contributed by atoms with Crippen molar-refractivity contribution in [3.05, 3.63) is 93.5 Å². The van der Waals surface area contributed by atoms with Crippen molar-refractivity contribution < 1.29 is 9.59 Å². The molecule has 0 radical (unpaired) electrons. The van der Waals surface area contributed by atoms with Crippen LogP contribution in [0.3, 0.4) is 0 Å². The summed E-state index contributed by atoms with van der Waals surface area (Å²) >= 11 is 3.54. The van der Waals surface area contributed by atoms with Gasteiger partial charge >= 0.3 is 0 Å². The van der Waals surface area contributed by atoms with Crippen molar-refractivity contribution in [1.29, 1.82) is 0 Å². The van der Waals surface area contributed by atoms with Crippen molar-refractivity contribution >= 4 is 27.5 Å². The first kappa shape index (κ1) is 14.1. The lowest BCUT2D eigenvalue weighted by Gasteiger charge is -2.19. The van der Waals surface area contributed by atoms with Crippen molar-refractivity contribution in [1.82, 2.24) is 0 Å². The highest BCUT2D eigenvalue weighted by molar-refractivity contribution is 9.10. The van der Waals surface area contributed by atoms with Crippen LogP contribution in [0.5, 0.6) is 0 Å². The van der Waals surface area contributed by atoms with E-state index in [1.165, 1.54) is 0 Å². The molecular weight excluding hydrogens is 352 g/mol. The monoisotopic (exact) mass is 362 g/mol. The van der Waals surface area contributed by atoms with Gasteiger partial charge in [0.25, 0.3) is 0 Å². The second-order valence-electron chi connectivity index (χ2n) is 5.45. The maximum Gasteiger partial charge on any atom is 0.194 e. The molecule has 0 N–H and O–H groups in total. The summed E-state index contributed by atoms with van der Waals surface area (Å²) in [4.78, 5) is 25.5. The number of fused-ring (bicyclic) bond motifs is 2. The Morgan fingerprint density at radius 3 is 1.70 bits per heavy atom. The molecule has 0 saturated heterocycles. The summed E-state index contributed by atoms with van der Waals surface area (Å²) in [5, 5.41) is 0. The summed E-state index contributed by atoms with van der Waals surface area (Å²) in [5.74, 6) is -0.199. The van der Waals surface area contributed by atoms with Gasteiger partial charge in [0.15, 0.2) is 11.6 Å². The molecule has 0 amide bonds. The van der Waals surface area contributed by atoms with Gasteiger partial charge in [-0.25, -0.2) is 0 Å². The lowest BCUT2D eigenvalue weighted by molar-refractivity contribution is 0.0979. The Morgan fingerprint density at radius 1 is 0.565 bits per heavy atom. The molecular formula is C20H11BrO2. The van der Waals surface area contributed by atoms with Gasteiger partial charge in [-0.15, -0.1) is 0 Å². The zero-order valence-corrected chi connectivity index (χ0v) is 13.6. The van der Waals surface area contributed by atoms with Crippen LogP contribution in [-0.4, -0.2) is 11.6 Å². The molecule has 0 spiro atoms. The second kappa shape index (κ2) is 5.28. The minimum atomic E-state index is -0.101. The highest BCUT2D eigenvalue weighted by atomic mass is 79.9. The summed E-state index contributed by atoms with van der Waals surface area (Å²) in [7, 11) is 0. The Morgan fingerprint density at radius 2 is 1.09 bits per heavy atom. The van der Waals surface area contributed by atoms with E-state index < -0.39 is 0 Å². The number of halogens is 1. The van der Waals surface area contributed by atoms with Crippen LogP contribution in [0.15, 0.2) is 71.2 Å². The van der Waals surface area contributed by atoms with Gasteiger partial charge in [-0.3, -0.25) is 9.59 Å². The fourth-order valence-corrected chi connectivity index (χ4v) is 3.53. The smallest absolute Gasteiger partial charge is 0.194 e. The Hall–Kier alpha value is -2.52. The molecule has 2 nitrogen and oxygen atoms in total. The molecule has 0 fully saturated rings. The van der Waals surface area contributed by atoms with E-state index in [4.69, 9.17) is 0 Å². The van der Waals surface area contributed by atoms with Gasteiger partial charge in [-0.2, -0.15) is 0 Å². The Labute approximate surface area is 141 Å². The van der Waals surface area contributed by atoms with Crippen LogP contribution < -0.4 is 0 Å². The SMILES string of the molecule is O=C1c2ccccc2C(=O)c2cc(-c3ccccc3)c(Br)cc21. The number of hydrogen-bond donors (Lipinski definition) is 0. The zero-order chi connectivity index (χ0) is 16.0. The van der Waals surface area contributed by atoms with E-state index in [-0.39, 0.29) is 11.6 Å². The van der Waals surface area contributed by atoms with E-state index in [0.29, 0.717) is 22.3 Å². The Balaban J connectivity index is 1.96. The highest BCUT2D eigenvalue weighted by Crippen LogP contribution is 2.35. The molecule has 1 aliphatic rings. The third-order valence-electron chi connectivity index (χ3n) is 4.10. The molecule has 3 aromatic rings. The quantitative estimate of drug-likeness (QED) is 0.483. The number of rotatable bonds is 1. The van der Waals surface area contributed by atoms with Crippen molar-refractivity contribution in [3.8, 4) is 11.1 Å². The number of benzene rings is 3. The molecule has 3 aromatic carbocycles. The second-order valence-corrected chi connectivity index (χ2v) is 6.30. The van der Waals surface area contributed by atoms with Crippen LogP contribution >= 0.6 is 15.9 Å². The lowest BCUT2D eigenvalue weighted by Crippen LogP contribution is -2.20. The van der Waals surface area contributed by atoms with Crippen molar-refractivity contribution in [3.63, 3.8) is 0 Å². The third-order valence-corrected chi connectivity index (χ3v) is 4.75. The maximum absolute atomic E-state index is 12.8. The highest BCUT2D eigenvalue weighted by Gasteiger charge is 2.30. The van der Waals surface area contributed by atoms with Gasteiger partial charge in [0, 0.05) is 26.7 Å². The van der Waals surface area contributed by atoms with E-state index >= 15 is 0 Å². The van der Waals surface area contributed by atoms with Gasteiger partial charge in [0.1, 0.15) is 0 Å². The molecule has 0 atom stereocenters. The Bertz CT molecular complexity index is 959. The fourth-order valence-electron chi connectivity index (χ4n) is 2.96. The molecule has 23 heavy (non-hydrogen) atoms. The fraction of sp³-hybridized carbons (Fsp3) is 0.